The van der Waals surface area contributed by atoms with Crippen LogP contribution < -0.4 is 5.32 Å². The molecular formula is C21H29N5O2S. The first kappa shape index (κ1) is 20.1. The number of aryl methyl sites for hydroxylation is 2. The van der Waals surface area contributed by atoms with Gasteiger partial charge >= 0.3 is 0 Å². The molecular weight excluding hydrogens is 386 g/mol. The smallest absolute Gasteiger partial charge is 0.257 e. The third-order valence-corrected chi connectivity index (χ3v) is 6.74. The van der Waals surface area contributed by atoms with Gasteiger partial charge in [0.05, 0.1) is 17.5 Å². The lowest BCUT2D eigenvalue weighted by atomic mass is 9.94. The highest BCUT2D eigenvalue weighted by molar-refractivity contribution is 7.07. The summed E-state index contributed by atoms with van der Waals surface area (Å²) in [5.41, 5.74) is 2.99. The fraction of sp³-hybridized carbons (Fsp3) is 0.571. The molecule has 0 spiro atoms. The maximum atomic E-state index is 13.0. The number of carbonyl (C=O) groups excluding carboxylic acids is 2. The highest BCUT2D eigenvalue weighted by Gasteiger charge is 2.29. The molecule has 2 aliphatic heterocycles. The van der Waals surface area contributed by atoms with Crippen molar-refractivity contribution >= 4 is 23.2 Å². The molecule has 29 heavy (non-hydrogen) atoms. The number of aromatic nitrogens is 2. The van der Waals surface area contributed by atoms with Gasteiger partial charge in [-0.1, -0.05) is 0 Å². The predicted octanol–water partition coefficient (Wildman–Crippen LogP) is 1.64. The van der Waals surface area contributed by atoms with Crippen LogP contribution in [0.2, 0.25) is 0 Å². The van der Waals surface area contributed by atoms with Crippen LogP contribution in [0.25, 0.3) is 0 Å². The number of fused-ring (bicyclic) bond motifs is 1. The molecule has 4 heterocycles. The van der Waals surface area contributed by atoms with Crippen molar-refractivity contribution in [3.8, 4) is 0 Å². The Balaban J connectivity index is 1.30. The average molecular weight is 416 g/mol. The lowest BCUT2D eigenvalue weighted by Crippen LogP contribution is -2.47. The van der Waals surface area contributed by atoms with E-state index in [1.54, 1.807) is 17.5 Å². The van der Waals surface area contributed by atoms with E-state index in [1.807, 2.05) is 15.0 Å². The Morgan fingerprint density at radius 1 is 1.24 bits per heavy atom. The fourth-order valence-electron chi connectivity index (χ4n) is 4.07. The standard InChI is InChI=1S/C21H29N5O2S/c1-24-7-9-25(10-8-24)21(28)18-14-23-26-6-4-17(12-19(18)26)13-22-20(27)3-2-16-5-11-29-15-16/h5,11,14-15,17H,2-4,6-10,12-13H2,1H3,(H,22,27). The van der Waals surface area contributed by atoms with Gasteiger partial charge < -0.3 is 15.1 Å². The van der Waals surface area contributed by atoms with Crippen LogP contribution in [-0.4, -0.2) is 71.2 Å². The lowest BCUT2D eigenvalue weighted by Gasteiger charge is -2.32. The molecule has 2 amide bonds. The van der Waals surface area contributed by atoms with E-state index in [2.05, 4.69) is 33.8 Å². The molecule has 7 nitrogen and oxygen atoms in total. The summed E-state index contributed by atoms with van der Waals surface area (Å²) in [4.78, 5) is 29.4. The fourth-order valence-corrected chi connectivity index (χ4v) is 4.77. The molecule has 2 aromatic rings. The van der Waals surface area contributed by atoms with E-state index in [9.17, 15) is 9.59 Å². The Morgan fingerprint density at radius 3 is 2.83 bits per heavy atom. The molecule has 0 bridgehead atoms. The number of likely N-dealkylation sites (N-methyl/N-ethyl adjacent to an activating group) is 1. The zero-order valence-corrected chi connectivity index (χ0v) is 17.8. The largest absolute Gasteiger partial charge is 0.356 e. The number of rotatable bonds is 6. The summed E-state index contributed by atoms with van der Waals surface area (Å²) in [6.45, 7) is 4.83. The van der Waals surface area contributed by atoms with Crippen molar-refractivity contribution in [2.75, 3.05) is 39.8 Å². The van der Waals surface area contributed by atoms with E-state index >= 15 is 0 Å². The van der Waals surface area contributed by atoms with E-state index in [0.717, 1.165) is 63.2 Å². The van der Waals surface area contributed by atoms with Crippen molar-refractivity contribution in [1.29, 1.82) is 0 Å². The molecule has 2 aliphatic rings. The first-order valence-corrected chi connectivity index (χ1v) is 11.3. The summed E-state index contributed by atoms with van der Waals surface area (Å²) in [6.07, 6.45) is 4.81. The van der Waals surface area contributed by atoms with Gasteiger partial charge in [0, 0.05) is 45.7 Å². The molecule has 0 radical (unpaired) electrons. The molecule has 1 fully saturated rings. The zero-order valence-electron chi connectivity index (χ0n) is 17.0. The summed E-state index contributed by atoms with van der Waals surface area (Å²) >= 11 is 1.66. The van der Waals surface area contributed by atoms with Crippen LogP contribution in [0.15, 0.2) is 23.0 Å². The van der Waals surface area contributed by atoms with Gasteiger partial charge in [0.1, 0.15) is 0 Å². The van der Waals surface area contributed by atoms with Crippen LogP contribution >= 0.6 is 11.3 Å². The highest BCUT2D eigenvalue weighted by Crippen LogP contribution is 2.24. The van der Waals surface area contributed by atoms with Crippen molar-refractivity contribution in [2.24, 2.45) is 5.92 Å². The Labute approximate surface area is 175 Å². The molecule has 2 aromatic heterocycles. The molecule has 1 N–H and O–H groups in total. The number of nitrogens with zero attached hydrogens (tertiary/aromatic N) is 4. The van der Waals surface area contributed by atoms with Crippen molar-refractivity contribution < 1.29 is 9.59 Å². The normalized spacial score (nSPS) is 19.8. The molecule has 4 rings (SSSR count). The molecule has 8 heteroatoms. The Kier molecular flexibility index (Phi) is 6.30. The molecule has 1 unspecified atom stereocenters. The number of hydrogen-bond acceptors (Lipinski definition) is 5. The van der Waals surface area contributed by atoms with Gasteiger partial charge in [-0.2, -0.15) is 16.4 Å². The number of nitrogens with one attached hydrogen (secondary N) is 1. The maximum Gasteiger partial charge on any atom is 0.257 e. The van der Waals surface area contributed by atoms with E-state index in [4.69, 9.17) is 0 Å². The van der Waals surface area contributed by atoms with Gasteiger partial charge in [0.15, 0.2) is 0 Å². The monoisotopic (exact) mass is 415 g/mol. The van der Waals surface area contributed by atoms with Crippen LogP contribution in [0.4, 0.5) is 0 Å². The second-order valence-corrected chi connectivity index (χ2v) is 8.90. The predicted molar refractivity (Wildman–Crippen MR) is 113 cm³/mol. The first-order chi connectivity index (χ1) is 14.1. The maximum absolute atomic E-state index is 13.0. The summed E-state index contributed by atoms with van der Waals surface area (Å²) in [7, 11) is 2.09. The summed E-state index contributed by atoms with van der Waals surface area (Å²) in [5, 5.41) is 11.7. The van der Waals surface area contributed by atoms with Gasteiger partial charge in [0.2, 0.25) is 5.91 Å². The molecule has 156 valence electrons. The van der Waals surface area contributed by atoms with Gasteiger partial charge in [-0.3, -0.25) is 14.3 Å². The minimum atomic E-state index is 0.0970. The second kappa shape index (κ2) is 9.09. The summed E-state index contributed by atoms with van der Waals surface area (Å²) in [5.74, 6) is 0.548. The first-order valence-electron chi connectivity index (χ1n) is 10.4. The molecule has 1 saturated heterocycles. The summed E-state index contributed by atoms with van der Waals surface area (Å²) < 4.78 is 1.97. The minimum absolute atomic E-state index is 0.0970. The number of carbonyl (C=O) groups is 2. The lowest BCUT2D eigenvalue weighted by molar-refractivity contribution is -0.121. The average Bonchev–Trinajstić information content (AvgIpc) is 3.40. The number of hydrogen-bond donors (Lipinski definition) is 1. The number of piperazine rings is 1. The third-order valence-electron chi connectivity index (χ3n) is 6.01. The van der Waals surface area contributed by atoms with Crippen LogP contribution in [0.3, 0.4) is 0 Å². The quantitative estimate of drug-likeness (QED) is 0.779. The van der Waals surface area contributed by atoms with E-state index in [-0.39, 0.29) is 11.8 Å². The summed E-state index contributed by atoms with van der Waals surface area (Å²) in [6, 6.07) is 2.07. The van der Waals surface area contributed by atoms with Crippen LogP contribution in [0.1, 0.15) is 34.5 Å². The molecule has 0 aromatic carbocycles. The SMILES string of the molecule is CN1CCN(C(=O)c2cnn3c2CC(CNC(=O)CCc2ccsc2)CC3)CC1. The van der Waals surface area contributed by atoms with Crippen molar-refractivity contribution in [3.63, 3.8) is 0 Å². The highest BCUT2D eigenvalue weighted by atomic mass is 32.1. The van der Waals surface area contributed by atoms with Gasteiger partial charge in [0.25, 0.3) is 5.91 Å². The van der Waals surface area contributed by atoms with Crippen molar-refractivity contribution in [3.05, 3.63) is 39.8 Å². The van der Waals surface area contributed by atoms with Crippen LogP contribution in [0, 0.1) is 5.92 Å². The van der Waals surface area contributed by atoms with Crippen LogP contribution in [0.5, 0.6) is 0 Å². The van der Waals surface area contributed by atoms with E-state index in [1.165, 1.54) is 5.56 Å². The van der Waals surface area contributed by atoms with Crippen LogP contribution in [-0.2, 0) is 24.2 Å². The number of thiophene rings is 1. The van der Waals surface area contributed by atoms with Crippen molar-refractivity contribution in [2.45, 2.75) is 32.2 Å². The molecule has 0 saturated carbocycles. The van der Waals surface area contributed by atoms with Gasteiger partial charge in [-0.25, -0.2) is 0 Å². The second-order valence-electron chi connectivity index (χ2n) is 8.12. The van der Waals surface area contributed by atoms with Gasteiger partial charge in [-0.15, -0.1) is 0 Å². The Bertz CT molecular complexity index is 839. The zero-order chi connectivity index (χ0) is 20.2. The van der Waals surface area contributed by atoms with E-state index in [0.29, 0.717) is 18.9 Å². The van der Waals surface area contributed by atoms with E-state index < -0.39 is 0 Å². The molecule has 0 aliphatic carbocycles. The Hall–Kier alpha value is -2.19. The topological polar surface area (TPSA) is 70.5 Å². The van der Waals surface area contributed by atoms with Gasteiger partial charge in [-0.05, 0) is 54.6 Å². The molecule has 1 atom stereocenters. The Morgan fingerprint density at radius 2 is 2.07 bits per heavy atom. The third kappa shape index (κ3) is 4.87. The van der Waals surface area contributed by atoms with Crippen molar-refractivity contribution in [1.82, 2.24) is 24.9 Å². The minimum Gasteiger partial charge on any atom is -0.356 e. The number of amides is 2.